The second-order valence-corrected chi connectivity index (χ2v) is 8.04. The highest BCUT2D eigenvalue weighted by Gasteiger charge is 2.29. The molecule has 2 amide bonds. The number of nitrogens with zero attached hydrogens (tertiary/aromatic N) is 1. The van der Waals surface area contributed by atoms with Crippen LogP contribution in [0.5, 0.6) is 5.75 Å². The van der Waals surface area contributed by atoms with Gasteiger partial charge in [-0.3, -0.25) is 9.59 Å². The molecule has 0 radical (unpaired) electrons. The average Bonchev–Trinajstić information content (AvgIpc) is 2.69. The summed E-state index contributed by atoms with van der Waals surface area (Å²) in [6.07, 6.45) is 7.38. The Balaban J connectivity index is 1.38. The van der Waals surface area contributed by atoms with Crippen LogP contribution in [0.2, 0.25) is 0 Å². The molecule has 1 aromatic rings. The fraction of sp³-hybridized carbons (Fsp3) is 0.636. The lowest BCUT2D eigenvalue weighted by Crippen LogP contribution is -2.49. The zero-order chi connectivity index (χ0) is 19.2. The molecule has 3 rings (SSSR count). The van der Waals surface area contributed by atoms with E-state index in [1.165, 1.54) is 24.8 Å². The monoisotopic (exact) mass is 372 g/mol. The van der Waals surface area contributed by atoms with E-state index in [1.807, 2.05) is 30.0 Å². The molecule has 1 aromatic carbocycles. The normalized spacial score (nSPS) is 19.0. The summed E-state index contributed by atoms with van der Waals surface area (Å²) in [7, 11) is 0. The first-order chi connectivity index (χ1) is 13.0. The Bertz CT molecular complexity index is 660. The van der Waals surface area contributed by atoms with E-state index in [0.29, 0.717) is 5.91 Å². The zero-order valence-electron chi connectivity index (χ0n) is 16.6. The van der Waals surface area contributed by atoms with Crippen LogP contribution in [0.1, 0.15) is 56.1 Å². The van der Waals surface area contributed by atoms with Crippen LogP contribution in [-0.4, -0.2) is 42.5 Å². The minimum Gasteiger partial charge on any atom is -0.484 e. The van der Waals surface area contributed by atoms with Gasteiger partial charge < -0.3 is 15.0 Å². The van der Waals surface area contributed by atoms with Gasteiger partial charge in [-0.2, -0.15) is 0 Å². The van der Waals surface area contributed by atoms with Gasteiger partial charge in [-0.25, -0.2) is 0 Å². The lowest BCUT2D eigenvalue weighted by molar-refractivity contribution is -0.137. The Kier molecular flexibility index (Phi) is 6.75. The molecule has 1 aliphatic heterocycles. The fourth-order valence-electron chi connectivity index (χ4n) is 4.07. The zero-order valence-corrected chi connectivity index (χ0v) is 16.6. The van der Waals surface area contributed by atoms with Crippen molar-refractivity contribution in [2.45, 2.75) is 64.8 Å². The molecule has 2 aliphatic rings. The van der Waals surface area contributed by atoms with E-state index in [4.69, 9.17) is 4.74 Å². The van der Waals surface area contributed by atoms with E-state index >= 15 is 0 Å². The molecule has 0 spiro atoms. The molecule has 1 saturated carbocycles. The van der Waals surface area contributed by atoms with Gasteiger partial charge in [0.15, 0.2) is 6.61 Å². The van der Waals surface area contributed by atoms with Crippen molar-refractivity contribution < 1.29 is 14.3 Å². The van der Waals surface area contributed by atoms with Crippen molar-refractivity contribution in [2.24, 2.45) is 5.92 Å². The molecule has 0 aromatic heterocycles. The number of nitrogens with one attached hydrogen (secondary N) is 1. The van der Waals surface area contributed by atoms with Gasteiger partial charge in [0.2, 0.25) is 5.91 Å². The van der Waals surface area contributed by atoms with Crippen molar-refractivity contribution in [1.29, 1.82) is 0 Å². The highest BCUT2D eigenvalue weighted by molar-refractivity contribution is 5.79. The molecule has 0 bridgehead atoms. The number of piperidine rings is 1. The summed E-state index contributed by atoms with van der Waals surface area (Å²) < 4.78 is 5.61. The Morgan fingerprint density at radius 3 is 2.41 bits per heavy atom. The Morgan fingerprint density at radius 2 is 1.74 bits per heavy atom. The molecule has 1 N–H and O–H groups in total. The molecule has 148 valence electrons. The number of hydrogen-bond donors (Lipinski definition) is 1. The minimum absolute atomic E-state index is 0.0315. The van der Waals surface area contributed by atoms with E-state index in [-0.39, 0.29) is 24.5 Å². The lowest BCUT2D eigenvalue weighted by atomic mass is 9.87. The topological polar surface area (TPSA) is 58.6 Å². The third kappa shape index (κ3) is 5.47. The standard InChI is InChI=1S/C22H32N2O3/c1-16-8-9-20(14-17(16)2)27-15-21(25)23-19-10-12-24(13-11-19)22(26)18-6-4-3-5-7-18/h8-9,14,18-19H,3-7,10-13,15H2,1-2H3,(H,23,25). The van der Waals surface area contributed by atoms with Crippen LogP contribution in [0.3, 0.4) is 0 Å². The van der Waals surface area contributed by atoms with Gasteiger partial charge in [0, 0.05) is 25.0 Å². The number of ether oxygens (including phenoxy) is 1. The predicted octanol–water partition coefficient (Wildman–Crippen LogP) is 3.37. The first-order valence-corrected chi connectivity index (χ1v) is 10.3. The smallest absolute Gasteiger partial charge is 0.258 e. The van der Waals surface area contributed by atoms with Crippen molar-refractivity contribution in [2.75, 3.05) is 19.7 Å². The SMILES string of the molecule is Cc1ccc(OCC(=O)NC2CCN(C(=O)C3CCCCC3)CC2)cc1C. The molecule has 1 heterocycles. The predicted molar refractivity (Wildman–Crippen MR) is 106 cm³/mol. The lowest BCUT2D eigenvalue weighted by Gasteiger charge is -2.35. The Labute approximate surface area is 162 Å². The number of rotatable bonds is 5. The molecule has 5 nitrogen and oxygen atoms in total. The van der Waals surface area contributed by atoms with E-state index in [9.17, 15) is 9.59 Å². The first kappa shape index (κ1) is 19.7. The summed E-state index contributed by atoms with van der Waals surface area (Å²) >= 11 is 0. The molecule has 5 heteroatoms. The van der Waals surface area contributed by atoms with E-state index in [0.717, 1.165) is 50.1 Å². The number of hydrogen-bond acceptors (Lipinski definition) is 3. The minimum atomic E-state index is -0.0923. The van der Waals surface area contributed by atoms with Crippen LogP contribution < -0.4 is 10.1 Å². The summed E-state index contributed by atoms with van der Waals surface area (Å²) in [5.41, 5.74) is 2.37. The molecule has 2 fully saturated rings. The molecule has 27 heavy (non-hydrogen) atoms. The third-order valence-electron chi connectivity index (χ3n) is 5.97. The maximum atomic E-state index is 12.6. The van der Waals surface area contributed by atoms with Crippen molar-refractivity contribution in [3.63, 3.8) is 0 Å². The van der Waals surface area contributed by atoms with Gasteiger partial charge in [0.1, 0.15) is 5.75 Å². The molecule has 1 saturated heterocycles. The molecule has 0 unspecified atom stereocenters. The van der Waals surface area contributed by atoms with E-state index in [1.54, 1.807) is 0 Å². The van der Waals surface area contributed by atoms with Crippen LogP contribution in [-0.2, 0) is 9.59 Å². The number of carbonyl (C=O) groups is 2. The quantitative estimate of drug-likeness (QED) is 0.862. The Hall–Kier alpha value is -2.04. The van der Waals surface area contributed by atoms with Gasteiger partial charge in [-0.15, -0.1) is 0 Å². The van der Waals surface area contributed by atoms with Crippen LogP contribution in [0.4, 0.5) is 0 Å². The van der Waals surface area contributed by atoms with Crippen molar-refractivity contribution in [3.05, 3.63) is 29.3 Å². The first-order valence-electron chi connectivity index (χ1n) is 10.3. The second-order valence-electron chi connectivity index (χ2n) is 8.04. The van der Waals surface area contributed by atoms with Crippen LogP contribution in [0, 0.1) is 19.8 Å². The number of carbonyl (C=O) groups excluding carboxylic acids is 2. The van der Waals surface area contributed by atoms with E-state index < -0.39 is 0 Å². The Morgan fingerprint density at radius 1 is 1.04 bits per heavy atom. The van der Waals surface area contributed by atoms with Crippen molar-refractivity contribution in [1.82, 2.24) is 10.2 Å². The van der Waals surface area contributed by atoms with Gasteiger partial charge in [-0.05, 0) is 62.8 Å². The van der Waals surface area contributed by atoms with Crippen molar-refractivity contribution in [3.8, 4) is 5.75 Å². The highest BCUT2D eigenvalue weighted by Crippen LogP contribution is 2.26. The van der Waals surface area contributed by atoms with Gasteiger partial charge in [-0.1, -0.05) is 25.3 Å². The summed E-state index contributed by atoms with van der Waals surface area (Å²) in [6.45, 7) is 5.61. The largest absolute Gasteiger partial charge is 0.484 e. The van der Waals surface area contributed by atoms with Crippen LogP contribution in [0.25, 0.3) is 0 Å². The number of benzene rings is 1. The van der Waals surface area contributed by atoms with Gasteiger partial charge in [0.25, 0.3) is 5.91 Å². The summed E-state index contributed by atoms with van der Waals surface area (Å²) in [4.78, 5) is 26.8. The van der Waals surface area contributed by atoms with E-state index in [2.05, 4.69) is 12.2 Å². The van der Waals surface area contributed by atoms with Crippen LogP contribution in [0.15, 0.2) is 18.2 Å². The summed E-state index contributed by atoms with van der Waals surface area (Å²) in [5.74, 6) is 1.19. The molecular weight excluding hydrogens is 340 g/mol. The maximum absolute atomic E-state index is 12.6. The fourth-order valence-corrected chi connectivity index (χ4v) is 4.07. The second kappa shape index (κ2) is 9.25. The number of likely N-dealkylation sites (tertiary alicyclic amines) is 1. The number of aryl methyl sites for hydroxylation is 2. The molecule has 0 atom stereocenters. The van der Waals surface area contributed by atoms with Crippen molar-refractivity contribution >= 4 is 11.8 Å². The average molecular weight is 373 g/mol. The third-order valence-corrected chi connectivity index (χ3v) is 5.97. The summed E-state index contributed by atoms with van der Waals surface area (Å²) in [6, 6.07) is 5.99. The number of amides is 2. The van der Waals surface area contributed by atoms with Gasteiger partial charge in [0.05, 0.1) is 0 Å². The highest BCUT2D eigenvalue weighted by atomic mass is 16.5. The van der Waals surface area contributed by atoms with Crippen LogP contribution >= 0.6 is 0 Å². The maximum Gasteiger partial charge on any atom is 0.258 e. The molecule has 1 aliphatic carbocycles. The summed E-state index contributed by atoms with van der Waals surface area (Å²) in [5, 5.41) is 3.05. The molecular formula is C22H32N2O3. The van der Waals surface area contributed by atoms with Gasteiger partial charge >= 0.3 is 0 Å².